The summed E-state index contributed by atoms with van der Waals surface area (Å²) in [7, 11) is 0. The van der Waals surface area contributed by atoms with Gasteiger partial charge >= 0.3 is 0 Å². The van der Waals surface area contributed by atoms with E-state index < -0.39 is 0 Å². The van der Waals surface area contributed by atoms with Crippen LogP contribution in [-0.4, -0.2) is 12.9 Å². The van der Waals surface area contributed by atoms with Gasteiger partial charge in [0.25, 0.3) is 0 Å². The minimum atomic E-state index is -0.148. The van der Waals surface area contributed by atoms with Crippen molar-refractivity contribution in [2.45, 2.75) is 39.6 Å². The molecular formula is C15H22O2. The first-order chi connectivity index (χ1) is 8.33. The Bertz CT molecular complexity index is 306. The molecule has 0 aliphatic heterocycles. The van der Waals surface area contributed by atoms with Crippen LogP contribution >= 0.6 is 0 Å². The van der Waals surface area contributed by atoms with Crippen LogP contribution in [0.1, 0.15) is 32.3 Å². The first-order valence-corrected chi connectivity index (χ1v) is 6.25. The van der Waals surface area contributed by atoms with E-state index in [0.29, 0.717) is 13.2 Å². The van der Waals surface area contributed by atoms with E-state index in [4.69, 9.17) is 9.47 Å². The maximum Gasteiger partial charge on any atom is 0.155 e. The highest BCUT2D eigenvalue weighted by molar-refractivity contribution is 5.13. The monoisotopic (exact) mass is 234 g/mol. The molecule has 2 heteroatoms. The van der Waals surface area contributed by atoms with Gasteiger partial charge in [-0.25, -0.2) is 0 Å². The molecule has 0 fully saturated rings. The molecule has 0 spiro atoms. The molecule has 0 aliphatic rings. The van der Waals surface area contributed by atoms with Gasteiger partial charge in [-0.15, -0.1) is 0 Å². The highest BCUT2D eigenvalue weighted by Crippen LogP contribution is 2.04. The van der Waals surface area contributed by atoms with Crippen molar-refractivity contribution in [3.63, 3.8) is 0 Å². The summed E-state index contributed by atoms with van der Waals surface area (Å²) in [4.78, 5) is 0. The molecule has 1 aromatic rings. The number of hydrogen-bond acceptors (Lipinski definition) is 2. The Hall–Kier alpha value is -1.12. The highest BCUT2D eigenvalue weighted by Gasteiger charge is 2.01. The molecule has 0 radical (unpaired) electrons. The van der Waals surface area contributed by atoms with Crippen LogP contribution in [-0.2, 0) is 16.1 Å². The standard InChI is InChI=1S/C15H22O2/c1-3-4-5-9-12-16-14(2)17-13-15-10-7-6-8-11-15/h4-8,10-11,14H,3,9,12-13H2,1-2H3/b5-4-. The lowest BCUT2D eigenvalue weighted by atomic mass is 10.2. The van der Waals surface area contributed by atoms with Gasteiger partial charge in [0, 0.05) is 0 Å². The molecule has 1 unspecified atom stereocenters. The Kier molecular flexibility index (Phi) is 7.35. The summed E-state index contributed by atoms with van der Waals surface area (Å²) in [5.41, 5.74) is 1.17. The molecule has 0 heterocycles. The van der Waals surface area contributed by atoms with E-state index >= 15 is 0 Å². The van der Waals surface area contributed by atoms with E-state index in [9.17, 15) is 0 Å². The van der Waals surface area contributed by atoms with E-state index in [1.165, 1.54) is 5.56 Å². The van der Waals surface area contributed by atoms with Crippen molar-refractivity contribution >= 4 is 0 Å². The zero-order valence-corrected chi connectivity index (χ0v) is 10.8. The van der Waals surface area contributed by atoms with Gasteiger partial charge in [0.05, 0.1) is 13.2 Å². The van der Waals surface area contributed by atoms with Crippen LogP contribution in [0.15, 0.2) is 42.5 Å². The van der Waals surface area contributed by atoms with E-state index in [2.05, 4.69) is 31.2 Å². The maximum absolute atomic E-state index is 5.59. The summed E-state index contributed by atoms with van der Waals surface area (Å²) in [5.74, 6) is 0. The molecule has 1 atom stereocenters. The molecular weight excluding hydrogens is 212 g/mol. The Morgan fingerprint density at radius 2 is 1.88 bits per heavy atom. The molecule has 94 valence electrons. The van der Waals surface area contributed by atoms with Crippen molar-refractivity contribution in [3.8, 4) is 0 Å². The van der Waals surface area contributed by atoms with Crippen molar-refractivity contribution < 1.29 is 9.47 Å². The van der Waals surface area contributed by atoms with Crippen LogP contribution in [0.3, 0.4) is 0 Å². The number of rotatable bonds is 8. The van der Waals surface area contributed by atoms with Gasteiger partial charge in [-0.05, 0) is 25.3 Å². The van der Waals surface area contributed by atoms with Crippen LogP contribution in [0.5, 0.6) is 0 Å². The fraction of sp³-hybridized carbons (Fsp3) is 0.467. The number of benzene rings is 1. The van der Waals surface area contributed by atoms with Crippen molar-refractivity contribution in [2.75, 3.05) is 6.61 Å². The third-order valence-corrected chi connectivity index (χ3v) is 2.37. The molecule has 17 heavy (non-hydrogen) atoms. The molecule has 1 rings (SSSR count). The molecule has 0 N–H and O–H groups in total. The second-order valence-electron chi connectivity index (χ2n) is 3.90. The van der Waals surface area contributed by atoms with Crippen LogP contribution in [0.25, 0.3) is 0 Å². The molecule has 0 bridgehead atoms. The van der Waals surface area contributed by atoms with Crippen LogP contribution in [0, 0.1) is 0 Å². The fourth-order valence-electron chi connectivity index (χ4n) is 1.42. The first kappa shape index (κ1) is 13.9. The first-order valence-electron chi connectivity index (χ1n) is 6.25. The van der Waals surface area contributed by atoms with Crippen LogP contribution < -0.4 is 0 Å². The number of hydrogen-bond donors (Lipinski definition) is 0. The molecule has 2 nitrogen and oxygen atoms in total. The van der Waals surface area contributed by atoms with Crippen molar-refractivity contribution in [1.29, 1.82) is 0 Å². The lowest BCUT2D eigenvalue weighted by Gasteiger charge is -2.13. The van der Waals surface area contributed by atoms with Gasteiger partial charge in [0.2, 0.25) is 0 Å². The molecule has 0 aromatic heterocycles. The summed E-state index contributed by atoms with van der Waals surface area (Å²) in [6.07, 6.45) is 6.18. The normalized spacial score (nSPS) is 13.1. The maximum atomic E-state index is 5.59. The molecule has 1 aromatic carbocycles. The summed E-state index contributed by atoms with van der Waals surface area (Å²) >= 11 is 0. The van der Waals surface area contributed by atoms with Gasteiger partial charge in [0.15, 0.2) is 6.29 Å². The lowest BCUT2D eigenvalue weighted by Crippen LogP contribution is -2.13. The number of allylic oxidation sites excluding steroid dienone is 1. The third-order valence-electron chi connectivity index (χ3n) is 2.37. The van der Waals surface area contributed by atoms with Gasteiger partial charge in [-0.1, -0.05) is 49.4 Å². The van der Waals surface area contributed by atoms with Gasteiger partial charge < -0.3 is 9.47 Å². The van der Waals surface area contributed by atoms with E-state index in [1.54, 1.807) is 0 Å². The minimum absolute atomic E-state index is 0.148. The van der Waals surface area contributed by atoms with E-state index in [0.717, 1.165) is 12.8 Å². The predicted octanol–water partition coefficient (Wildman–Crippen LogP) is 3.92. The van der Waals surface area contributed by atoms with Crippen molar-refractivity contribution in [3.05, 3.63) is 48.0 Å². The Labute approximate surface area is 104 Å². The largest absolute Gasteiger partial charge is 0.353 e. The summed E-state index contributed by atoms with van der Waals surface area (Å²) in [6, 6.07) is 10.1. The number of ether oxygens (including phenoxy) is 2. The topological polar surface area (TPSA) is 18.5 Å². The Balaban J connectivity index is 2.09. The average Bonchev–Trinajstić information content (AvgIpc) is 2.37. The second-order valence-corrected chi connectivity index (χ2v) is 3.90. The molecule has 0 aliphatic carbocycles. The van der Waals surface area contributed by atoms with Crippen molar-refractivity contribution in [1.82, 2.24) is 0 Å². The molecule has 0 amide bonds. The van der Waals surface area contributed by atoms with Crippen LogP contribution in [0.4, 0.5) is 0 Å². The van der Waals surface area contributed by atoms with Gasteiger partial charge in [0.1, 0.15) is 0 Å². The lowest BCUT2D eigenvalue weighted by molar-refractivity contribution is -0.136. The third kappa shape index (κ3) is 6.93. The zero-order valence-electron chi connectivity index (χ0n) is 10.8. The second kappa shape index (κ2) is 8.97. The average molecular weight is 234 g/mol. The smallest absolute Gasteiger partial charge is 0.155 e. The fourth-order valence-corrected chi connectivity index (χ4v) is 1.42. The Morgan fingerprint density at radius 1 is 1.12 bits per heavy atom. The Morgan fingerprint density at radius 3 is 2.59 bits per heavy atom. The van der Waals surface area contributed by atoms with Crippen LogP contribution in [0.2, 0.25) is 0 Å². The zero-order chi connectivity index (χ0) is 12.3. The quantitative estimate of drug-likeness (QED) is 0.385. The van der Waals surface area contributed by atoms with Gasteiger partial charge in [-0.3, -0.25) is 0 Å². The van der Waals surface area contributed by atoms with E-state index in [-0.39, 0.29) is 6.29 Å². The molecule has 0 saturated carbocycles. The van der Waals surface area contributed by atoms with E-state index in [1.807, 2.05) is 25.1 Å². The molecule has 0 saturated heterocycles. The SMILES string of the molecule is CC/C=C\CCOC(C)OCc1ccccc1. The highest BCUT2D eigenvalue weighted by atomic mass is 16.7. The summed E-state index contributed by atoms with van der Waals surface area (Å²) in [5, 5.41) is 0. The summed E-state index contributed by atoms with van der Waals surface area (Å²) in [6.45, 7) is 5.38. The minimum Gasteiger partial charge on any atom is -0.353 e. The predicted molar refractivity (Wildman–Crippen MR) is 70.7 cm³/mol. The van der Waals surface area contributed by atoms with Gasteiger partial charge in [-0.2, -0.15) is 0 Å². The summed E-state index contributed by atoms with van der Waals surface area (Å²) < 4.78 is 11.1. The van der Waals surface area contributed by atoms with Crippen molar-refractivity contribution in [2.24, 2.45) is 0 Å².